The van der Waals surface area contributed by atoms with E-state index in [1.807, 2.05) is 42.1 Å². The third-order valence-corrected chi connectivity index (χ3v) is 2.69. The van der Waals surface area contributed by atoms with Crippen LogP contribution < -0.4 is 5.32 Å². The van der Waals surface area contributed by atoms with Crippen LogP contribution in [0.2, 0.25) is 0 Å². The highest BCUT2D eigenvalue weighted by Crippen LogP contribution is 2.16. The number of imidazole rings is 1. The Hall–Kier alpha value is -1.29. The first kappa shape index (κ1) is 10.2. The lowest BCUT2D eigenvalue weighted by molar-refractivity contribution is 0.813. The van der Waals surface area contributed by atoms with Crippen molar-refractivity contribution in [3.63, 3.8) is 0 Å². The van der Waals surface area contributed by atoms with Gasteiger partial charge in [-0.15, -0.1) is 0 Å². The van der Waals surface area contributed by atoms with Crippen molar-refractivity contribution in [3.8, 4) is 0 Å². The van der Waals surface area contributed by atoms with Gasteiger partial charge in [-0.1, -0.05) is 22.0 Å². The average Bonchev–Trinajstić information content (AvgIpc) is 2.61. The molecular formula is C11H12BrN3. The minimum Gasteiger partial charge on any atom is -0.378 e. The van der Waals surface area contributed by atoms with Crippen molar-refractivity contribution < 1.29 is 0 Å². The van der Waals surface area contributed by atoms with Crippen molar-refractivity contribution in [2.75, 3.05) is 5.32 Å². The highest BCUT2D eigenvalue weighted by Gasteiger charge is 1.98. The quantitative estimate of drug-likeness (QED) is 0.925. The van der Waals surface area contributed by atoms with Gasteiger partial charge in [0, 0.05) is 29.6 Å². The summed E-state index contributed by atoms with van der Waals surface area (Å²) in [5, 5.41) is 3.32. The molecule has 0 spiro atoms. The minimum atomic E-state index is 0.736. The zero-order valence-corrected chi connectivity index (χ0v) is 10.0. The number of nitrogens with one attached hydrogen (secondary N) is 1. The molecule has 0 aliphatic heterocycles. The van der Waals surface area contributed by atoms with E-state index in [-0.39, 0.29) is 0 Å². The Bertz CT molecular complexity index is 451. The highest BCUT2D eigenvalue weighted by molar-refractivity contribution is 9.10. The summed E-state index contributed by atoms with van der Waals surface area (Å²) in [6.07, 6.45) is 3.75. The number of aromatic nitrogens is 2. The zero-order valence-electron chi connectivity index (χ0n) is 8.44. The minimum absolute atomic E-state index is 0.736. The molecule has 2 rings (SSSR count). The maximum atomic E-state index is 4.24. The molecule has 0 aliphatic carbocycles. The largest absolute Gasteiger partial charge is 0.378 e. The molecule has 1 heterocycles. The second-order valence-electron chi connectivity index (χ2n) is 3.32. The van der Waals surface area contributed by atoms with E-state index in [2.05, 4.69) is 26.2 Å². The molecular weight excluding hydrogens is 254 g/mol. The summed E-state index contributed by atoms with van der Waals surface area (Å²) in [6.45, 7) is 0.736. The monoisotopic (exact) mass is 265 g/mol. The van der Waals surface area contributed by atoms with Crippen LogP contribution in [0.4, 0.5) is 5.69 Å². The fourth-order valence-corrected chi connectivity index (χ4v) is 1.75. The molecule has 1 aromatic heterocycles. The van der Waals surface area contributed by atoms with E-state index in [0.717, 1.165) is 22.5 Å². The summed E-state index contributed by atoms with van der Waals surface area (Å²) in [4.78, 5) is 4.24. The smallest absolute Gasteiger partial charge is 0.127 e. The Morgan fingerprint density at radius 2 is 2.33 bits per heavy atom. The number of hydrogen-bond donors (Lipinski definition) is 1. The van der Waals surface area contributed by atoms with Gasteiger partial charge in [-0.25, -0.2) is 4.98 Å². The lowest BCUT2D eigenvalue weighted by atomic mass is 10.3. The molecule has 2 aromatic rings. The van der Waals surface area contributed by atoms with Crippen molar-refractivity contribution in [1.29, 1.82) is 0 Å². The van der Waals surface area contributed by atoms with Gasteiger partial charge in [0.15, 0.2) is 0 Å². The van der Waals surface area contributed by atoms with E-state index >= 15 is 0 Å². The number of rotatable bonds is 3. The Labute approximate surface area is 97.3 Å². The molecule has 0 aliphatic rings. The van der Waals surface area contributed by atoms with Gasteiger partial charge in [0.05, 0.1) is 6.54 Å². The first-order valence-corrected chi connectivity index (χ1v) is 5.50. The summed E-state index contributed by atoms with van der Waals surface area (Å²) in [5.74, 6) is 1.02. The summed E-state index contributed by atoms with van der Waals surface area (Å²) in [5.41, 5.74) is 1.09. The van der Waals surface area contributed by atoms with E-state index in [0.29, 0.717) is 0 Å². The van der Waals surface area contributed by atoms with Gasteiger partial charge in [0.2, 0.25) is 0 Å². The van der Waals surface area contributed by atoms with Crippen molar-refractivity contribution in [2.45, 2.75) is 6.54 Å². The van der Waals surface area contributed by atoms with Gasteiger partial charge in [-0.2, -0.15) is 0 Å². The molecule has 0 fully saturated rings. The first-order valence-electron chi connectivity index (χ1n) is 4.71. The van der Waals surface area contributed by atoms with Crippen LogP contribution in [0.3, 0.4) is 0 Å². The normalized spacial score (nSPS) is 10.3. The van der Waals surface area contributed by atoms with E-state index in [1.54, 1.807) is 6.20 Å². The lowest BCUT2D eigenvalue weighted by Crippen LogP contribution is -2.05. The van der Waals surface area contributed by atoms with Crippen LogP contribution in [0.15, 0.2) is 41.1 Å². The molecule has 0 bridgehead atoms. The summed E-state index contributed by atoms with van der Waals surface area (Å²) in [6, 6.07) is 8.09. The second-order valence-corrected chi connectivity index (χ2v) is 4.23. The van der Waals surface area contributed by atoms with Crippen LogP contribution in [0.1, 0.15) is 5.82 Å². The number of benzene rings is 1. The molecule has 1 N–H and O–H groups in total. The molecule has 1 aromatic carbocycles. The zero-order chi connectivity index (χ0) is 10.7. The number of anilines is 1. The number of halogens is 1. The van der Waals surface area contributed by atoms with Gasteiger partial charge in [-0.05, 0) is 18.2 Å². The summed E-state index contributed by atoms with van der Waals surface area (Å²) < 4.78 is 3.08. The third-order valence-electron chi connectivity index (χ3n) is 2.20. The van der Waals surface area contributed by atoms with Crippen molar-refractivity contribution in [1.82, 2.24) is 9.55 Å². The summed E-state index contributed by atoms with van der Waals surface area (Å²) >= 11 is 3.43. The maximum Gasteiger partial charge on any atom is 0.127 e. The molecule has 15 heavy (non-hydrogen) atoms. The standard InChI is InChI=1S/C11H12BrN3/c1-15-6-5-13-11(15)8-14-10-4-2-3-9(12)7-10/h2-7,14H,8H2,1H3. The Morgan fingerprint density at radius 3 is 3.00 bits per heavy atom. The topological polar surface area (TPSA) is 29.9 Å². The van der Waals surface area contributed by atoms with Crippen molar-refractivity contribution in [3.05, 3.63) is 47.0 Å². The SMILES string of the molecule is Cn1ccnc1CNc1cccc(Br)c1. The van der Waals surface area contributed by atoms with Gasteiger partial charge in [0.25, 0.3) is 0 Å². The fraction of sp³-hybridized carbons (Fsp3) is 0.182. The Balaban J connectivity index is 2.02. The van der Waals surface area contributed by atoms with Crippen LogP contribution >= 0.6 is 15.9 Å². The van der Waals surface area contributed by atoms with E-state index in [9.17, 15) is 0 Å². The van der Waals surface area contributed by atoms with E-state index < -0.39 is 0 Å². The number of nitrogens with zero attached hydrogens (tertiary/aromatic N) is 2. The molecule has 0 unspecified atom stereocenters. The molecule has 0 amide bonds. The Kier molecular flexibility index (Phi) is 3.06. The fourth-order valence-electron chi connectivity index (χ4n) is 1.35. The van der Waals surface area contributed by atoms with E-state index in [1.165, 1.54) is 0 Å². The van der Waals surface area contributed by atoms with E-state index in [4.69, 9.17) is 0 Å². The molecule has 0 saturated heterocycles. The van der Waals surface area contributed by atoms with Crippen LogP contribution in [-0.4, -0.2) is 9.55 Å². The molecule has 0 radical (unpaired) electrons. The molecule has 0 saturated carbocycles. The van der Waals surface area contributed by atoms with Crippen LogP contribution in [0.25, 0.3) is 0 Å². The highest BCUT2D eigenvalue weighted by atomic mass is 79.9. The van der Waals surface area contributed by atoms with Crippen molar-refractivity contribution in [2.24, 2.45) is 7.05 Å². The van der Waals surface area contributed by atoms with Gasteiger partial charge in [-0.3, -0.25) is 0 Å². The van der Waals surface area contributed by atoms with Gasteiger partial charge >= 0.3 is 0 Å². The molecule has 0 atom stereocenters. The van der Waals surface area contributed by atoms with Crippen LogP contribution in [0, 0.1) is 0 Å². The maximum absolute atomic E-state index is 4.24. The molecule has 4 heteroatoms. The predicted octanol–water partition coefficient (Wildman–Crippen LogP) is 2.79. The number of aryl methyl sites for hydroxylation is 1. The third kappa shape index (κ3) is 2.59. The number of hydrogen-bond acceptors (Lipinski definition) is 2. The van der Waals surface area contributed by atoms with Gasteiger partial charge in [0.1, 0.15) is 5.82 Å². The molecule has 3 nitrogen and oxygen atoms in total. The van der Waals surface area contributed by atoms with Crippen molar-refractivity contribution >= 4 is 21.6 Å². The second kappa shape index (κ2) is 4.49. The average molecular weight is 266 g/mol. The summed E-state index contributed by atoms with van der Waals surface area (Å²) in [7, 11) is 1.99. The lowest BCUT2D eigenvalue weighted by Gasteiger charge is -2.06. The van der Waals surface area contributed by atoms with Crippen LogP contribution in [0.5, 0.6) is 0 Å². The first-order chi connectivity index (χ1) is 7.25. The van der Waals surface area contributed by atoms with Crippen LogP contribution in [-0.2, 0) is 13.6 Å². The predicted molar refractivity (Wildman–Crippen MR) is 64.7 cm³/mol. The van der Waals surface area contributed by atoms with Gasteiger partial charge < -0.3 is 9.88 Å². The molecule has 78 valence electrons. The Morgan fingerprint density at radius 1 is 1.47 bits per heavy atom.